The maximum Gasteiger partial charge on any atom is 0.0234 e. The van der Waals surface area contributed by atoms with Crippen LogP contribution in [0.4, 0.5) is 0 Å². The molecule has 0 aliphatic carbocycles. The molecule has 0 bridgehead atoms. The summed E-state index contributed by atoms with van der Waals surface area (Å²) in [6, 6.07) is 10.4. The van der Waals surface area contributed by atoms with Gasteiger partial charge in [-0.05, 0) is 36.1 Å². The van der Waals surface area contributed by atoms with Gasteiger partial charge >= 0.3 is 0 Å². The summed E-state index contributed by atoms with van der Waals surface area (Å²) in [5.41, 5.74) is 8.42. The zero-order valence-electron chi connectivity index (χ0n) is 12.7. The number of hydrogen-bond donors (Lipinski definition) is 1. The van der Waals surface area contributed by atoms with Crippen molar-refractivity contribution in [3.05, 3.63) is 42.5 Å². The maximum absolute atomic E-state index is 5.84. The van der Waals surface area contributed by atoms with E-state index in [0.717, 1.165) is 26.1 Å². The third-order valence-corrected chi connectivity index (χ3v) is 3.34. The van der Waals surface area contributed by atoms with Crippen LogP contribution in [0.15, 0.2) is 36.9 Å². The highest BCUT2D eigenvalue weighted by atomic mass is 15.1. The molecular formula is C17H28N2. The molecule has 0 radical (unpaired) electrons. The number of benzene rings is 1. The molecule has 0 aliphatic heterocycles. The lowest BCUT2D eigenvalue weighted by Crippen LogP contribution is -2.39. The lowest BCUT2D eigenvalue weighted by atomic mass is 9.92. The van der Waals surface area contributed by atoms with Gasteiger partial charge in [-0.2, -0.15) is 0 Å². The van der Waals surface area contributed by atoms with Crippen LogP contribution in [0.1, 0.15) is 32.8 Å². The van der Waals surface area contributed by atoms with E-state index in [0.29, 0.717) is 6.54 Å². The lowest BCUT2D eigenvalue weighted by Gasteiger charge is -2.32. The predicted molar refractivity (Wildman–Crippen MR) is 85.0 cm³/mol. The molecule has 0 spiro atoms. The van der Waals surface area contributed by atoms with Crippen molar-refractivity contribution < 1.29 is 0 Å². The Bertz CT molecular complexity index is 382. The third-order valence-electron chi connectivity index (χ3n) is 3.34. The second kappa shape index (κ2) is 7.46. The Morgan fingerprint density at radius 1 is 1.26 bits per heavy atom. The first-order valence-corrected chi connectivity index (χ1v) is 7.14. The Hall–Kier alpha value is -1.12. The van der Waals surface area contributed by atoms with Gasteiger partial charge in [0.05, 0.1) is 0 Å². The van der Waals surface area contributed by atoms with Gasteiger partial charge in [0, 0.05) is 13.1 Å². The van der Waals surface area contributed by atoms with Crippen LogP contribution in [-0.4, -0.2) is 31.1 Å². The van der Waals surface area contributed by atoms with E-state index in [1.54, 1.807) is 0 Å². The largest absolute Gasteiger partial charge is 0.330 e. The Morgan fingerprint density at radius 3 is 2.42 bits per heavy atom. The predicted octanol–water partition coefficient (Wildman–Crippen LogP) is 3.40. The Labute approximate surface area is 118 Å². The molecule has 1 aromatic carbocycles. The van der Waals surface area contributed by atoms with Gasteiger partial charge in [-0.3, -0.25) is 4.90 Å². The quantitative estimate of drug-likeness (QED) is 0.776. The normalized spacial score (nSPS) is 11.8. The molecule has 0 aromatic heterocycles. The molecule has 0 heterocycles. The van der Waals surface area contributed by atoms with E-state index in [-0.39, 0.29) is 5.41 Å². The summed E-state index contributed by atoms with van der Waals surface area (Å²) in [6.07, 6.45) is 1.16. The van der Waals surface area contributed by atoms with E-state index < -0.39 is 0 Å². The van der Waals surface area contributed by atoms with Crippen LogP contribution in [-0.2, 0) is 0 Å². The van der Waals surface area contributed by atoms with Crippen molar-refractivity contribution in [3.63, 3.8) is 0 Å². The van der Waals surface area contributed by atoms with Gasteiger partial charge in [0.1, 0.15) is 0 Å². The second-order valence-corrected chi connectivity index (χ2v) is 6.05. The SMILES string of the molecule is C=C(CN(CCC)CC(C)(C)CN)c1ccccc1. The average molecular weight is 260 g/mol. The molecule has 0 amide bonds. The first-order chi connectivity index (χ1) is 8.98. The Morgan fingerprint density at radius 2 is 1.89 bits per heavy atom. The van der Waals surface area contributed by atoms with Gasteiger partial charge in [0.15, 0.2) is 0 Å². The third kappa shape index (κ3) is 5.58. The van der Waals surface area contributed by atoms with Gasteiger partial charge in [-0.1, -0.05) is 57.7 Å². The smallest absolute Gasteiger partial charge is 0.0234 e. The Kier molecular flexibility index (Phi) is 6.26. The molecule has 0 unspecified atom stereocenters. The minimum atomic E-state index is 0.159. The van der Waals surface area contributed by atoms with Gasteiger partial charge in [0.2, 0.25) is 0 Å². The fraction of sp³-hybridized carbons (Fsp3) is 0.529. The number of rotatable bonds is 8. The molecule has 0 aliphatic rings. The van der Waals surface area contributed by atoms with Crippen LogP contribution in [0.2, 0.25) is 0 Å². The molecule has 1 rings (SSSR count). The van der Waals surface area contributed by atoms with Crippen LogP contribution in [0.3, 0.4) is 0 Å². The molecule has 0 atom stereocenters. The van der Waals surface area contributed by atoms with Crippen LogP contribution in [0.25, 0.3) is 5.57 Å². The molecule has 1 aromatic rings. The van der Waals surface area contributed by atoms with Crippen molar-refractivity contribution in [1.29, 1.82) is 0 Å². The minimum Gasteiger partial charge on any atom is -0.330 e. The van der Waals surface area contributed by atoms with Crippen LogP contribution < -0.4 is 5.73 Å². The summed E-state index contributed by atoms with van der Waals surface area (Å²) >= 11 is 0. The van der Waals surface area contributed by atoms with E-state index in [9.17, 15) is 0 Å². The number of nitrogens with zero attached hydrogens (tertiary/aromatic N) is 1. The minimum absolute atomic E-state index is 0.159. The summed E-state index contributed by atoms with van der Waals surface area (Å²) < 4.78 is 0. The second-order valence-electron chi connectivity index (χ2n) is 6.05. The fourth-order valence-electron chi connectivity index (χ4n) is 2.24. The van der Waals surface area contributed by atoms with Crippen molar-refractivity contribution in [2.45, 2.75) is 27.2 Å². The highest BCUT2D eigenvalue weighted by Crippen LogP contribution is 2.19. The van der Waals surface area contributed by atoms with Gasteiger partial charge < -0.3 is 5.73 Å². The van der Waals surface area contributed by atoms with E-state index in [1.165, 1.54) is 11.1 Å². The van der Waals surface area contributed by atoms with Crippen LogP contribution in [0.5, 0.6) is 0 Å². The average Bonchev–Trinajstić information content (AvgIpc) is 2.39. The molecule has 106 valence electrons. The maximum atomic E-state index is 5.84. The van der Waals surface area contributed by atoms with Crippen molar-refractivity contribution in [2.24, 2.45) is 11.1 Å². The summed E-state index contributed by atoms with van der Waals surface area (Å²) in [5, 5.41) is 0. The molecule has 2 N–H and O–H groups in total. The zero-order chi connectivity index (χ0) is 14.3. The zero-order valence-corrected chi connectivity index (χ0v) is 12.7. The molecule has 2 heteroatoms. The summed E-state index contributed by atoms with van der Waals surface area (Å²) in [4.78, 5) is 2.46. The van der Waals surface area contributed by atoms with Crippen LogP contribution in [0, 0.1) is 5.41 Å². The Balaban J connectivity index is 2.66. The molecule has 0 saturated carbocycles. The lowest BCUT2D eigenvalue weighted by molar-refractivity contribution is 0.201. The van der Waals surface area contributed by atoms with E-state index in [2.05, 4.69) is 56.5 Å². The van der Waals surface area contributed by atoms with E-state index >= 15 is 0 Å². The standard InChI is InChI=1S/C17H28N2/c1-5-11-19(14-17(3,4)13-18)12-15(2)16-9-7-6-8-10-16/h6-10H,2,5,11-14,18H2,1,3-4H3. The summed E-state index contributed by atoms with van der Waals surface area (Å²) in [7, 11) is 0. The van der Waals surface area contributed by atoms with Gasteiger partial charge in [-0.15, -0.1) is 0 Å². The van der Waals surface area contributed by atoms with Gasteiger partial charge in [-0.25, -0.2) is 0 Å². The molecule has 0 saturated heterocycles. The van der Waals surface area contributed by atoms with Crippen molar-refractivity contribution in [1.82, 2.24) is 4.90 Å². The molecular weight excluding hydrogens is 232 g/mol. The highest BCUT2D eigenvalue weighted by Gasteiger charge is 2.20. The van der Waals surface area contributed by atoms with Crippen molar-refractivity contribution in [2.75, 3.05) is 26.2 Å². The number of hydrogen-bond acceptors (Lipinski definition) is 2. The first kappa shape index (κ1) is 15.9. The van der Waals surface area contributed by atoms with E-state index in [4.69, 9.17) is 5.73 Å². The molecule has 0 fully saturated rings. The summed E-state index contributed by atoms with van der Waals surface area (Å²) in [5.74, 6) is 0. The molecule has 19 heavy (non-hydrogen) atoms. The number of nitrogens with two attached hydrogens (primary N) is 1. The molecule has 2 nitrogen and oxygen atoms in total. The topological polar surface area (TPSA) is 29.3 Å². The van der Waals surface area contributed by atoms with Crippen LogP contribution >= 0.6 is 0 Å². The summed E-state index contributed by atoms with van der Waals surface area (Å²) in [6.45, 7) is 14.6. The van der Waals surface area contributed by atoms with Crippen molar-refractivity contribution in [3.8, 4) is 0 Å². The van der Waals surface area contributed by atoms with E-state index in [1.807, 2.05) is 6.07 Å². The highest BCUT2D eigenvalue weighted by molar-refractivity contribution is 5.64. The van der Waals surface area contributed by atoms with Crippen molar-refractivity contribution >= 4 is 5.57 Å². The first-order valence-electron chi connectivity index (χ1n) is 7.14. The monoisotopic (exact) mass is 260 g/mol. The van der Waals surface area contributed by atoms with Gasteiger partial charge in [0.25, 0.3) is 0 Å². The fourth-order valence-corrected chi connectivity index (χ4v) is 2.24.